The molecule has 1 amide bonds. The second-order valence-electron chi connectivity index (χ2n) is 11.9. The minimum absolute atomic E-state index is 0.256. The first-order valence-electron chi connectivity index (χ1n) is 16.1. The number of benzene rings is 1. The van der Waals surface area contributed by atoms with Gasteiger partial charge in [-0.3, -0.25) is 14.7 Å². The molecule has 1 fully saturated rings. The number of rotatable bonds is 20. The molecule has 0 radical (unpaired) electrons. The number of ether oxygens (including phenoxy) is 1. The molecule has 0 saturated carbocycles. The van der Waals surface area contributed by atoms with Gasteiger partial charge in [-0.25, -0.2) is 0 Å². The molecule has 1 heterocycles. The lowest BCUT2D eigenvalue weighted by molar-refractivity contribution is -0.132. The summed E-state index contributed by atoms with van der Waals surface area (Å²) in [6.45, 7) is 14.5. The number of nitrogens with two attached hydrogens (primary N) is 1. The van der Waals surface area contributed by atoms with Crippen molar-refractivity contribution >= 4 is 24.2 Å². The summed E-state index contributed by atoms with van der Waals surface area (Å²) in [5.74, 6) is 1.90. The van der Waals surface area contributed by atoms with Gasteiger partial charge in [0.1, 0.15) is 11.7 Å². The molecule has 1 aliphatic rings. The molecule has 0 aliphatic carbocycles. The molecule has 0 spiro atoms. The van der Waals surface area contributed by atoms with E-state index in [-0.39, 0.29) is 5.91 Å². The monoisotopic (exact) mass is 586 g/mol. The van der Waals surface area contributed by atoms with E-state index in [1.165, 1.54) is 22.4 Å². The number of aryl methyl sites for hydroxylation is 1. The van der Waals surface area contributed by atoms with Crippen LogP contribution in [0.25, 0.3) is 0 Å². The van der Waals surface area contributed by atoms with E-state index in [0.29, 0.717) is 31.0 Å². The number of unbranched alkanes of at least 4 members (excludes halogenated alkanes) is 2. The molecule has 1 saturated heterocycles. The highest BCUT2D eigenvalue weighted by Crippen LogP contribution is 2.36. The Labute approximate surface area is 256 Å². The van der Waals surface area contributed by atoms with Gasteiger partial charge in [0.05, 0.1) is 6.54 Å². The summed E-state index contributed by atoms with van der Waals surface area (Å²) in [7, 11) is 0. The third-order valence-corrected chi connectivity index (χ3v) is 8.05. The van der Waals surface area contributed by atoms with E-state index >= 15 is 0 Å². The Kier molecular flexibility index (Phi) is 17.4. The minimum atomic E-state index is 0.256. The van der Waals surface area contributed by atoms with Crippen LogP contribution in [-0.2, 0) is 11.2 Å². The number of amides is 1. The molecule has 7 heteroatoms. The highest BCUT2D eigenvalue weighted by molar-refractivity contribution is 7.80. The van der Waals surface area contributed by atoms with Crippen LogP contribution >= 0.6 is 12.6 Å². The molecule has 2 rings (SSSR count). The number of hydrogen-bond acceptors (Lipinski definition) is 6. The summed E-state index contributed by atoms with van der Waals surface area (Å²) >= 11 is 4.30. The van der Waals surface area contributed by atoms with Crippen LogP contribution in [0.2, 0.25) is 0 Å². The number of aliphatic imine (C=N–C) groups is 1. The molecule has 2 N–H and O–H groups in total. The molecule has 6 nitrogen and oxygen atoms in total. The topological polar surface area (TPSA) is 71.2 Å². The molecule has 0 aromatic heterocycles. The number of thiol groups is 1. The van der Waals surface area contributed by atoms with Crippen LogP contribution in [0.3, 0.4) is 0 Å². The molecule has 0 bridgehead atoms. The number of carbonyl (C=O) groups excluding carboxylic acids is 1. The third-order valence-electron chi connectivity index (χ3n) is 7.92. The maximum atomic E-state index is 13.7. The van der Waals surface area contributed by atoms with Crippen molar-refractivity contribution in [1.82, 2.24) is 9.80 Å². The van der Waals surface area contributed by atoms with Gasteiger partial charge in [0.25, 0.3) is 0 Å². The molecular formula is C34H58N4O2S. The van der Waals surface area contributed by atoms with Gasteiger partial charge < -0.3 is 15.4 Å². The van der Waals surface area contributed by atoms with Gasteiger partial charge in [0, 0.05) is 37.6 Å². The molecule has 2 unspecified atom stereocenters. The summed E-state index contributed by atoms with van der Waals surface area (Å²) in [6, 6.07) is 7.06. The summed E-state index contributed by atoms with van der Waals surface area (Å²) in [5.41, 5.74) is 10.9. The van der Waals surface area contributed by atoms with Crippen molar-refractivity contribution in [2.75, 3.05) is 38.7 Å². The number of nitrogens with zero attached hydrogens (tertiary/aromatic N) is 3. The number of allylic oxidation sites excluding steroid dienone is 1. The van der Waals surface area contributed by atoms with Gasteiger partial charge in [-0.15, -0.1) is 12.6 Å². The van der Waals surface area contributed by atoms with Crippen molar-refractivity contribution < 1.29 is 9.53 Å². The Morgan fingerprint density at radius 2 is 1.88 bits per heavy atom. The van der Waals surface area contributed by atoms with Crippen LogP contribution in [0, 0.1) is 0 Å². The molecular weight excluding hydrogens is 528 g/mol. The van der Waals surface area contributed by atoms with E-state index in [2.05, 4.69) is 75.2 Å². The van der Waals surface area contributed by atoms with E-state index in [1.54, 1.807) is 0 Å². The van der Waals surface area contributed by atoms with Crippen LogP contribution < -0.4 is 10.5 Å². The molecule has 1 aromatic carbocycles. The van der Waals surface area contributed by atoms with Gasteiger partial charge in [-0.1, -0.05) is 51.7 Å². The summed E-state index contributed by atoms with van der Waals surface area (Å²) < 4.78 is 5.84. The van der Waals surface area contributed by atoms with E-state index in [0.717, 1.165) is 96.0 Å². The highest BCUT2D eigenvalue weighted by Gasteiger charge is 2.35. The lowest BCUT2D eigenvalue weighted by Crippen LogP contribution is -2.43. The molecule has 232 valence electrons. The van der Waals surface area contributed by atoms with Crippen molar-refractivity contribution in [3.63, 3.8) is 0 Å². The fourth-order valence-electron chi connectivity index (χ4n) is 5.76. The van der Waals surface area contributed by atoms with Gasteiger partial charge in [0.15, 0.2) is 0 Å². The lowest BCUT2D eigenvalue weighted by atomic mass is 9.92. The molecule has 41 heavy (non-hydrogen) atoms. The van der Waals surface area contributed by atoms with Crippen LogP contribution in [0.4, 0.5) is 0 Å². The molecule has 1 aliphatic heterocycles. The first-order valence-corrected chi connectivity index (χ1v) is 16.8. The lowest BCUT2D eigenvalue weighted by Gasteiger charge is -2.29. The maximum absolute atomic E-state index is 13.7. The second kappa shape index (κ2) is 20.1. The zero-order valence-corrected chi connectivity index (χ0v) is 27.6. The Morgan fingerprint density at radius 1 is 1.10 bits per heavy atom. The second-order valence-corrected chi connectivity index (χ2v) is 12.1. The zero-order chi connectivity index (χ0) is 30.0. The summed E-state index contributed by atoms with van der Waals surface area (Å²) in [6.07, 6.45) is 13.4. The summed E-state index contributed by atoms with van der Waals surface area (Å²) in [4.78, 5) is 23.1. The van der Waals surface area contributed by atoms with E-state index in [9.17, 15) is 4.79 Å². The number of likely N-dealkylation sites (tertiary alicyclic amines) is 1. The quantitative estimate of drug-likeness (QED) is 0.0724. The Balaban J connectivity index is 2.29. The standard InChI is InChI=1S/C34H58N4O2S/c1-6-9-17-37(18-11-10-16-35)34(39)25-38-24-30(29-19-28(12-7-2)20-33(22-29)40-26-41)21-32(38)15-14-31(13-8-3)36-23-27(4)5/h19-20,22-23,30,32,41H,6-18,21,24-26,35H2,1-5H3. The van der Waals surface area contributed by atoms with Gasteiger partial charge >= 0.3 is 0 Å². The van der Waals surface area contributed by atoms with Crippen molar-refractivity contribution in [3.8, 4) is 5.75 Å². The average Bonchev–Trinajstić information content (AvgIpc) is 3.34. The highest BCUT2D eigenvalue weighted by atomic mass is 32.1. The number of carbonyl (C=O) groups is 1. The van der Waals surface area contributed by atoms with Crippen molar-refractivity contribution in [3.05, 3.63) is 41.1 Å². The van der Waals surface area contributed by atoms with Crippen molar-refractivity contribution in [2.24, 2.45) is 10.7 Å². The first kappa shape index (κ1) is 35.4. The fraction of sp³-hybridized carbons (Fsp3) is 0.706. The summed E-state index contributed by atoms with van der Waals surface area (Å²) in [5, 5.41) is 0. The van der Waals surface area contributed by atoms with Gasteiger partial charge in [-0.05, 0) is 101 Å². The minimum Gasteiger partial charge on any atom is -0.483 e. The van der Waals surface area contributed by atoms with Gasteiger partial charge in [-0.2, -0.15) is 0 Å². The molecule has 2 atom stereocenters. The third kappa shape index (κ3) is 12.9. The predicted octanol–water partition coefficient (Wildman–Crippen LogP) is 7.38. The van der Waals surface area contributed by atoms with Crippen LogP contribution in [-0.4, -0.2) is 66.1 Å². The fourth-order valence-corrected chi connectivity index (χ4v) is 5.91. The van der Waals surface area contributed by atoms with Crippen molar-refractivity contribution in [1.29, 1.82) is 0 Å². The Hall–Kier alpha value is -1.83. The molecule has 1 aromatic rings. The predicted molar refractivity (Wildman–Crippen MR) is 178 cm³/mol. The van der Waals surface area contributed by atoms with Crippen LogP contribution in [0.15, 0.2) is 35.0 Å². The van der Waals surface area contributed by atoms with E-state index < -0.39 is 0 Å². The maximum Gasteiger partial charge on any atom is 0.236 e. The zero-order valence-electron chi connectivity index (χ0n) is 26.7. The first-order chi connectivity index (χ1) is 19.8. The van der Waals surface area contributed by atoms with E-state index in [4.69, 9.17) is 15.5 Å². The SMILES string of the molecule is CCCCN(CCCCN)C(=O)CN1CC(c2cc(CCC)cc(OCS)c2)CC1CCC(CCC)=NC=C(C)C. The Bertz CT molecular complexity index is 936. The number of hydrogen-bond donors (Lipinski definition) is 2. The van der Waals surface area contributed by atoms with Crippen molar-refractivity contribution in [2.45, 2.75) is 117 Å². The largest absolute Gasteiger partial charge is 0.483 e. The van der Waals surface area contributed by atoms with Crippen LogP contribution in [0.5, 0.6) is 5.75 Å². The average molecular weight is 587 g/mol. The van der Waals surface area contributed by atoms with E-state index in [1.807, 2.05) is 6.20 Å². The van der Waals surface area contributed by atoms with Gasteiger partial charge in [0.2, 0.25) is 5.91 Å². The van der Waals surface area contributed by atoms with Crippen LogP contribution in [0.1, 0.15) is 116 Å². The normalized spacial score (nSPS) is 17.6. The Morgan fingerprint density at radius 3 is 2.54 bits per heavy atom. The smallest absolute Gasteiger partial charge is 0.236 e.